The average Bonchev–Trinajstić information content (AvgIpc) is 2.88. The zero-order chi connectivity index (χ0) is 12.6. The molecule has 98 valence electrons. The molecule has 2 atom stereocenters. The quantitative estimate of drug-likeness (QED) is 0.835. The third kappa shape index (κ3) is 2.05. The molecule has 2 fully saturated rings. The van der Waals surface area contributed by atoms with Gasteiger partial charge < -0.3 is 10.1 Å². The molecule has 0 saturated heterocycles. The van der Waals surface area contributed by atoms with Gasteiger partial charge in [0.2, 0.25) is 0 Å². The van der Waals surface area contributed by atoms with E-state index in [2.05, 4.69) is 59.2 Å². The van der Waals surface area contributed by atoms with Gasteiger partial charge >= 0.3 is 0 Å². The van der Waals surface area contributed by atoms with Crippen molar-refractivity contribution in [2.75, 3.05) is 7.05 Å². The van der Waals surface area contributed by atoms with Gasteiger partial charge in [-0.15, -0.1) is 0 Å². The Morgan fingerprint density at radius 2 is 1.89 bits per heavy atom. The smallest absolute Gasteiger partial charge is 0.119 e. The van der Waals surface area contributed by atoms with Crippen molar-refractivity contribution in [1.29, 1.82) is 0 Å². The maximum Gasteiger partial charge on any atom is 0.119 e. The van der Waals surface area contributed by atoms with Crippen molar-refractivity contribution in [2.45, 2.75) is 44.2 Å². The highest BCUT2D eigenvalue weighted by molar-refractivity contribution is 14.1. The summed E-state index contributed by atoms with van der Waals surface area (Å²) in [6.07, 6.45) is 6.96. The van der Waals surface area contributed by atoms with Crippen LogP contribution in [0.25, 0.3) is 0 Å². The van der Waals surface area contributed by atoms with E-state index in [1.54, 1.807) is 0 Å². The van der Waals surface area contributed by atoms with Crippen LogP contribution in [0.4, 0.5) is 0 Å². The van der Waals surface area contributed by atoms with Gasteiger partial charge in [-0.05, 0) is 66.7 Å². The number of ether oxygens (including phenoxy) is 1. The highest BCUT2D eigenvalue weighted by Crippen LogP contribution is 2.54. The maximum atomic E-state index is 6.23. The molecule has 0 aliphatic heterocycles. The minimum absolute atomic E-state index is 0.414. The molecule has 2 saturated carbocycles. The summed E-state index contributed by atoms with van der Waals surface area (Å²) in [6.45, 7) is 0. The number of rotatable bonds is 3. The second kappa shape index (κ2) is 5.00. The molecule has 2 aliphatic carbocycles. The molecular weight excluding hydrogens is 337 g/mol. The third-order valence-electron chi connectivity index (χ3n) is 4.76. The van der Waals surface area contributed by atoms with Crippen LogP contribution >= 0.6 is 22.6 Å². The van der Waals surface area contributed by atoms with Gasteiger partial charge in [-0.1, -0.05) is 12.8 Å². The highest BCUT2D eigenvalue weighted by atomic mass is 127. The summed E-state index contributed by atoms with van der Waals surface area (Å²) < 4.78 is 7.49. The molecule has 3 heteroatoms. The van der Waals surface area contributed by atoms with Crippen molar-refractivity contribution in [3.05, 3.63) is 27.8 Å². The molecule has 2 unspecified atom stereocenters. The molecule has 2 nitrogen and oxygen atoms in total. The lowest BCUT2D eigenvalue weighted by Gasteiger charge is -2.53. The monoisotopic (exact) mass is 357 g/mol. The van der Waals surface area contributed by atoms with Crippen LogP contribution in [-0.4, -0.2) is 19.2 Å². The molecular formula is C15H20INO. The fraction of sp³-hybridized carbons (Fsp3) is 0.600. The predicted octanol–water partition coefficient (Wildman–Crippen LogP) is 3.59. The van der Waals surface area contributed by atoms with Gasteiger partial charge in [0.25, 0.3) is 0 Å². The molecule has 1 N–H and O–H groups in total. The minimum atomic E-state index is 0.414. The lowest BCUT2D eigenvalue weighted by molar-refractivity contribution is -0.0736. The Balaban J connectivity index is 1.72. The molecule has 1 aromatic rings. The average molecular weight is 357 g/mol. The molecule has 1 aromatic carbocycles. The van der Waals surface area contributed by atoms with E-state index in [-0.39, 0.29) is 0 Å². The molecule has 0 bridgehead atoms. The Kier molecular flexibility index (Phi) is 3.54. The second-order valence-electron chi connectivity index (χ2n) is 5.58. The van der Waals surface area contributed by atoms with Gasteiger partial charge in [-0.3, -0.25) is 0 Å². The zero-order valence-electron chi connectivity index (χ0n) is 10.8. The summed E-state index contributed by atoms with van der Waals surface area (Å²) in [5.74, 6) is 1.03. The number of hydrogen-bond donors (Lipinski definition) is 1. The molecule has 3 rings (SSSR count). The fourth-order valence-electron chi connectivity index (χ4n) is 3.70. The molecule has 0 aromatic heterocycles. The van der Waals surface area contributed by atoms with Gasteiger partial charge in [0.1, 0.15) is 11.9 Å². The Morgan fingerprint density at radius 3 is 2.50 bits per heavy atom. The van der Waals surface area contributed by atoms with Crippen LogP contribution in [0.5, 0.6) is 5.75 Å². The van der Waals surface area contributed by atoms with E-state index in [1.807, 2.05) is 0 Å². The first-order valence-corrected chi connectivity index (χ1v) is 7.92. The van der Waals surface area contributed by atoms with E-state index in [4.69, 9.17) is 4.74 Å². The molecule has 0 amide bonds. The van der Waals surface area contributed by atoms with Crippen LogP contribution in [0.3, 0.4) is 0 Å². The van der Waals surface area contributed by atoms with Crippen LogP contribution in [0.2, 0.25) is 0 Å². The highest BCUT2D eigenvalue weighted by Gasteiger charge is 2.56. The minimum Gasteiger partial charge on any atom is -0.490 e. The summed E-state index contributed by atoms with van der Waals surface area (Å²) in [4.78, 5) is 0. The molecule has 0 heterocycles. The van der Waals surface area contributed by atoms with E-state index in [0.29, 0.717) is 17.6 Å². The summed E-state index contributed by atoms with van der Waals surface area (Å²) in [5, 5.41) is 3.48. The Morgan fingerprint density at radius 1 is 1.22 bits per heavy atom. The van der Waals surface area contributed by atoms with Crippen molar-refractivity contribution in [3.8, 4) is 5.75 Å². The standard InChI is InChI=1S/C15H20INO/c1-17-13-10-14(15(13)8-2-3-9-15)18-12-6-4-11(16)5-7-12/h4-7,13-14,17H,2-3,8-10H2,1H3. The molecule has 18 heavy (non-hydrogen) atoms. The second-order valence-corrected chi connectivity index (χ2v) is 6.82. The Hall–Kier alpha value is -0.290. The van der Waals surface area contributed by atoms with Crippen LogP contribution in [0, 0.1) is 8.99 Å². The predicted molar refractivity (Wildman–Crippen MR) is 81.9 cm³/mol. The van der Waals surface area contributed by atoms with Crippen LogP contribution in [0.15, 0.2) is 24.3 Å². The number of nitrogens with one attached hydrogen (secondary N) is 1. The number of halogens is 1. The van der Waals surface area contributed by atoms with Crippen molar-refractivity contribution < 1.29 is 4.74 Å². The van der Waals surface area contributed by atoms with Crippen LogP contribution < -0.4 is 10.1 Å². The van der Waals surface area contributed by atoms with Gasteiger partial charge in [0.15, 0.2) is 0 Å². The summed E-state index contributed by atoms with van der Waals surface area (Å²) in [7, 11) is 2.09. The summed E-state index contributed by atoms with van der Waals surface area (Å²) >= 11 is 2.33. The van der Waals surface area contributed by atoms with Gasteiger partial charge in [0, 0.05) is 21.4 Å². The molecule has 0 radical (unpaired) electrons. The third-order valence-corrected chi connectivity index (χ3v) is 5.48. The molecule has 2 aliphatic rings. The SMILES string of the molecule is CNC1CC(Oc2ccc(I)cc2)C12CCCC2. The van der Waals surface area contributed by atoms with Crippen molar-refractivity contribution in [2.24, 2.45) is 5.41 Å². The first kappa shape index (κ1) is 12.7. The Labute approximate surface area is 123 Å². The summed E-state index contributed by atoms with van der Waals surface area (Å²) in [5.41, 5.74) is 0.414. The van der Waals surface area contributed by atoms with E-state index in [9.17, 15) is 0 Å². The number of hydrogen-bond acceptors (Lipinski definition) is 2. The molecule has 1 spiro atoms. The normalized spacial score (nSPS) is 29.2. The topological polar surface area (TPSA) is 21.3 Å². The maximum absolute atomic E-state index is 6.23. The van der Waals surface area contributed by atoms with Gasteiger partial charge in [-0.25, -0.2) is 0 Å². The van der Waals surface area contributed by atoms with E-state index >= 15 is 0 Å². The van der Waals surface area contributed by atoms with Crippen LogP contribution in [-0.2, 0) is 0 Å². The largest absolute Gasteiger partial charge is 0.490 e. The first-order valence-electron chi connectivity index (χ1n) is 6.84. The lowest BCUT2D eigenvalue weighted by Crippen LogP contribution is -2.63. The first-order chi connectivity index (χ1) is 8.74. The number of benzene rings is 1. The van der Waals surface area contributed by atoms with E-state index in [1.165, 1.54) is 29.3 Å². The van der Waals surface area contributed by atoms with Crippen molar-refractivity contribution >= 4 is 22.6 Å². The van der Waals surface area contributed by atoms with E-state index in [0.717, 1.165) is 12.2 Å². The van der Waals surface area contributed by atoms with Crippen molar-refractivity contribution in [3.63, 3.8) is 0 Å². The van der Waals surface area contributed by atoms with E-state index < -0.39 is 0 Å². The zero-order valence-corrected chi connectivity index (χ0v) is 12.9. The lowest BCUT2D eigenvalue weighted by atomic mass is 9.60. The van der Waals surface area contributed by atoms with Crippen LogP contribution in [0.1, 0.15) is 32.1 Å². The fourth-order valence-corrected chi connectivity index (χ4v) is 4.06. The van der Waals surface area contributed by atoms with Crippen molar-refractivity contribution in [1.82, 2.24) is 5.32 Å². The van der Waals surface area contributed by atoms with Gasteiger partial charge in [0.05, 0.1) is 0 Å². The Bertz CT molecular complexity index is 411. The van der Waals surface area contributed by atoms with Gasteiger partial charge in [-0.2, -0.15) is 0 Å². The summed E-state index contributed by atoms with van der Waals surface area (Å²) in [6, 6.07) is 9.08.